The first-order valence-corrected chi connectivity index (χ1v) is 6.03. The molecule has 6 nitrogen and oxygen atoms in total. The molecule has 1 amide bonds. The minimum Gasteiger partial charge on any atom is -0.393 e. The van der Waals surface area contributed by atoms with Crippen LogP contribution in [0.1, 0.15) is 12.8 Å². The number of hydrogen-bond acceptors (Lipinski definition) is 4. The van der Waals surface area contributed by atoms with Crippen molar-refractivity contribution in [3.05, 3.63) is 24.3 Å². The molecule has 6 heteroatoms. The Hall–Kier alpha value is -1.95. The molecule has 2 aromatic rings. The molecule has 0 radical (unpaired) electrons. The summed E-state index contributed by atoms with van der Waals surface area (Å²) in [7, 11) is 0. The first kappa shape index (κ1) is 11.2. The average Bonchev–Trinajstić information content (AvgIpc) is 2.82. The first-order chi connectivity index (χ1) is 8.75. The van der Waals surface area contributed by atoms with Crippen molar-refractivity contribution in [3.63, 3.8) is 0 Å². The SMILES string of the molecule is O=C(N1CCC(O)CC1)n1nnc2ccccc21. The number of carbonyl (C=O) groups excluding carboxylic acids is 1. The van der Waals surface area contributed by atoms with Crippen LogP contribution in [0, 0.1) is 0 Å². The van der Waals surface area contributed by atoms with Gasteiger partial charge in [-0.05, 0) is 25.0 Å². The average molecular weight is 246 g/mol. The highest BCUT2D eigenvalue weighted by Gasteiger charge is 2.24. The number of amides is 1. The fourth-order valence-electron chi connectivity index (χ4n) is 2.20. The molecule has 0 saturated carbocycles. The van der Waals surface area contributed by atoms with Crippen LogP contribution in [0.15, 0.2) is 24.3 Å². The summed E-state index contributed by atoms with van der Waals surface area (Å²) in [5, 5.41) is 17.3. The highest BCUT2D eigenvalue weighted by Crippen LogP contribution is 2.14. The van der Waals surface area contributed by atoms with E-state index >= 15 is 0 Å². The number of aromatic nitrogens is 3. The van der Waals surface area contributed by atoms with E-state index in [0.29, 0.717) is 37.0 Å². The van der Waals surface area contributed by atoms with Gasteiger partial charge >= 0.3 is 6.03 Å². The van der Waals surface area contributed by atoms with Crippen molar-refractivity contribution >= 4 is 17.1 Å². The number of rotatable bonds is 0. The fourth-order valence-corrected chi connectivity index (χ4v) is 2.20. The number of para-hydroxylation sites is 1. The van der Waals surface area contributed by atoms with Gasteiger partial charge in [-0.15, -0.1) is 5.10 Å². The summed E-state index contributed by atoms with van der Waals surface area (Å²) in [5.74, 6) is 0. The second kappa shape index (κ2) is 4.38. The topological polar surface area (TPSA) is 71.2 Å². The number of benzene rings is 1. The van der Waals surface area contributed by atoms with Crippen LogP contribution in [0.25, 0.3) is 11.0 Å². The molecule has 1 fully saturated rings. The molecule has 1 aromatic carbocycles. The standard InChI is InChI=1S/C12H14N4O2/c17-9-5-7-15(8-6-9)12(18)16-11-4-2-1-3-10(11)13-14-16/h1-4,9,17H,5-8H2. The number of piperidine rings is 1. The summed E-state index contributed by atoms with van der Waals surface area (Å²) >= 11 is 0. The van der Waals surface area contributed by atoms with Gasteiger partial charge in [0.25, 0.3) is 0 Å². The van der Waals surface area contributed by atoms with Gasteiger partial charge in [0.05, 0.1) is 11.6 Å². The van der Waals surface area contributed by atoms with E-state index in [4.69, 9.17) is 0 Å². The van der Waals surface area contributed by atoms with Crippen LogP contribution in [0.5, 0.6) is 0 Å². The van der Waals surface area contributed by atoms with E-state index in [2.05, 4.69) is 10.3 Å². The summed E-state index contributed by atoms with van der Waals surface area (Å²) in [5.41, 5.74) is 1.43. The number of hydrogen-bond donors (Lipinski definition) is 1. The Labute approximate surface area is 104 Å². The maximum Gasteiger partial charge on any atom is 0.346 e. The van der Waals surface area contributed by atoms with Crippen LogP contribution >= 0.6 is 0 Å². The van der Waals surface area contributed by atoms with Crippen molar-refractivity contribution < 1.29 is 9.90 Å². The largest absolute Gasteiger partial charge is 0.393 e. The Morgan fingerprint density at radius 1 is 1.28 bits per heavy atom. The molecule has 0 unspecified atom stereocenters. The highest BCUT2D eigenvalue weighted by molar-refractivity contribution is 5.87. The van der Waals surface area contributed by atoms with E-state index in [-0.39, 0.29) is 12.1 Å². The molecule has 1 aliphatic rings. The van der Waals surface area contributed by atoms with Crippen LogP contribution in [0.4, 0.5) is 4.79 Å². The van der Waals surface area contributed by atoms with Gasteiger partial charge in [-0.3, -0.25) is 0 Å². The van der Waals surface area contributed by atoms with Gasteiger partial charge in [0.2, 0.25) is 0 Å². The molecule has 2 heterocycles. The minimum absolute atomic E-state index is 0.171. The van der Waals surface area contributed by atoms with E-state index < -0.39 is 0 Å². The molecule has 1 aromatic heterocycles. The smallest absolute Gasteiger partial charge is 0.346 e. The monoisotopic (exact) mass is 246 g/mol. The van der Waals surface area contributed by atoms with Crippen LogP contribution < -0.4 is 0 Å². The van der Waals surface area contributed by atoms with E-state index in [1.54, 1.807) is 4.90 Å². The van der Waals surface area contributed by atoms with Crippen molar-refractivity contribution in [3.8, 4) is 0 Å². The molecular weight excluding hydrogens is 232 g/mol. The number of carbonyl (C=O) groups is 1. The van der Waals surface area contributed by atoms with Gasteiger partial charge in [-0.2, -0.15) is 4.68 Å². The third-order valence-electron chi connectivity index (χ3n) is 3.27. The lowest BCUT2D eigenvalue weighted by atomic mass is 10.1. The lowest BCUT2D eigenvalue weighted by molar-refractivity contribution is 0.0934. The zero-order valence-electron chi connectivity index (χ0n) is 9.86. The Balaban J connectivity index is 1.88. The van der Waals surface area contributed by atoms with Crippen molar-refractivity contribution in [2.45, 2.75) is 18.9 Å². The molecule has 1 saturated heterocycles. The van der Waals surface area contributed by atoms with Crippen LogP contribution in [0.2, 0.25) is 0 Å². The zero-order valence-corrected chi connectivity index (χ0v) is 9.86. The normalized spacial score (nSPS) is 17.3. The van der Waals surface area contributed by atoms with Crippen molar-refractivity contribution in [1.29, 1.82) is 0 Å². The third-order valence-corrected chi connectivity index (χ3v) is 3.27. The predicted molar refractivity (Wildman–Crippen MR) is 65.1 cm³/mol. The number of likely N-dealkylation sites (tertiary alicyclic amines) is 1. The second-order valence-corrected chi connectivity index (χ2v) is 4.49. The highest BCUT2D eigenvalue weighted by atomic mass is 16.3. The quantitative estimate of drug-likeness (QED) is 0.748. The van der Waals surface area contributed by atoms with Crippen LogP contribution in [0.3, 0.4) is 0 Å². The molecule has 0 atom stereocenters. The summed E-state index contributed by atoms with van der Waals surface area (Å²) in [6, 6.07) is 7.20. The second-order valence-electron chi connectivity index (χ2n) is 4.49. The van der Waals surface area contributed by atoms with Crippen molar-refractivity contribution in [2.24, 2.45) is 0 Å². The van der Waals surface area contributed by atoms with Gasteiger partial charge < -0.3 is 10.0 Å². The van der Waals surface area contributed by atoms with E-state index in [9.17, 15) is 9.90 Å². The van der Waals surface area contributed by atoms with E-state index in [0.717, 1.165) is 0 Å². The molecular formula is C12H14N4O2. The predicted octanol–water partition coefficient (Wildman–Crippen LogP) is 0.856. The maximum absolute atomic E-state index is 12.3. The van der Waals surface area contributed by atoms with E-state index in [1.165, 1.54) is 4.68 Å². The van der Waals surface area contributed by atoms with Gasteiger partial charge in [0.1, 0.15) is 5.52 Å². The molecule has 0 bridgehead atoms. The maximum atomic E-state index is 12.3. The Kier molecular flexibility index (Phi) is 2.71. The fraction of sp³-hybridized carbons (Fsp3) is 0.417. The lowest BCUT2D eigenvalue weighted by Gasteiger charge is -2.29. The van der Waals surface area contributed by atoms with Gasteiger partial charge in [0.15, 0.2) is 0 Å². The molecule has 3 rings (SSSR count). The number of nitrogens with zero attached hydrogens (tertiary/aromatic N) is 4. The van der Waals surface area contributed by atoms with Gasteiger partial charge in [-0.25, -0.2) is 4.79 Å². The Bertz CT molecular complexity index is 572. The lowest BCUT2D eigenvalue weighted by Crippen LogP contribution is -2.42. The summed E-state index contributed by atoms with van der Waals surface area (Å²) < 4.78 is 1.33. The first-order valence-electron chi connectivity index (χ1n) is 6.03. The van der Waals surface area contributed by atoms with E-state index in [1.807, 2.05) is 24.3 Å². The zero-order chi connectivity index (χ0) is 12.5. The van der Waals surface area contributed by atoms with Crippen LogP contribution in [-0.4, -0.2) is 50.2 Å². The molecule has 0 aliphatic carbocycles. The van der Waals surface area contributed by atoms with Crippen molar-refractivity contribution in [1.82, 2.24) is 19.9 Å². The Morgan fingerprint density at radius 3 is 2.78 bits per heavy atom. The molecule has 1 aliphatic heterocycles. The molecule has 94 valence electrons. The minimum atomic E-state index is -0.290. The summed E-state index contributed by atoms with van der Waals surface area (Å²) in [6.07, 6.45) is 0.957. The van der Waals surface area contributed by atoms with Crippen molar-refractivity contribution in [2.75, 3.05) is 13.1 Å². The Morgan fingerprint density at radius 2 is 2.00 bits per heavy atom. The molecule has 0 spiro atoms. The molecule has 18 heavy (non-hydrogen) atoms. The molecule has 1 N–H and O–H groups in total. The number of aliphatic hydroxyl groups is 1. The van der Waals surface area contributed by atoms with Gasteiger partial charge in [0, 0.05) is 13.1 Å². The number of fused-ring (bicyclic) bond motifs is 1. The van der Waals surface area contributed by atoms with Gasteiger partial charge in [-0.1, -0.05) is 17.3 Å². The van der Waals surface area contributed by atoms with Crippen LogP contribution in [-0.2, 0) is 0 Å². The summed E-state index contributed by atoms with van der Waals surface area (Å²) in [4.78, 5) is 14.0. The summed E-state index contributed by atoms with van der Waals surface area (Å²) in [6.45, 7) is 1.13. The third kappa shape index (κ3) is 1.84. The number of aliphatic hydroxyl groups excluding tert-OH is 1.